The largest absolute Gasteiger partial charge is 0.454 e. The number of nitrogens with one attached hydrogen (secondary N) is 2. The normalized spacial score (nSPS) is 12.5. The molecule has 2 N–H and O–H groups in total. The highest BCUT2D eigenvalue weighted by atomic mass is 16.7. The van der Waals surface area contributed by atoms with Crippen molar-refractivity contribution in [2.75, 3.05) is 19.9 Å². The van der Waals surface area contributed by atoms with Crippen molar-refractivity contribution in [3.63, 3.8) is 0 Å². The Hall–Kier alpha value is -1.75. The topological polar surface area (TPSA) is 59.6 Å². The van der Waals surface area contributed by atoms with Crippen LogP contribution < -0.4 is 20.1 Å². The van der Waals surface area contributed by atoms with Gasteiger partial charge in [0.05, 0.1) is 0 Å². The molecule has 1 aliphatic rings. The van der Waals surface area contributed by atoms with Crippen molar-refractivity contribution in [2.24, 2.45) is 0 Å². The SMILES string of the molecule is CCNC(=O)CCNCc1cccc2c1OCO2. The molecule has 0 fully saturated rings. The van der Waals surface area contributed by atoms with Crippen molar-refractivity contribution in [1.82, 2.24) is 10.6 Å². The fraction of sp³-hybridized carbons (Fsp3) is 0.462. The fourth-order valence-electron chi connectivity index (χ4n) is 1.84. The second-order valence-corrected chi connectivity index (χ2v) is 4.03. The summed E-state index contributed by atoms with van der Waals surface area (Å²) in [5.74, 6) is 1.67. The molecule has 0 radical (unpaired) electrons. The van der Waals surface area contributed by atoms with E-state index in [-0.39, 0.29) is 12.7 Å². The first-order valence-corrected chi connectivity index (χ1v) is 6.16. The van der Waals surface area contributed by atoms with E-state index in [1.807, 2.05) is 25.1 Å². The Bertz CT molecular complexity index is 421. The van der Waals surface area contributed by atoms with Gasteiger partial charge in [-0.1, -0.05) is 12.1 Å². The Morgan fingerprint density at radius 3 is 3.11 bits per heavy atom. The zero-order chi connectivity index (χ0) is 12.8. The number of ether oxygens (including phenoxy) is 2. The number of amides is 1. The highest BCUT2D eigenvalue weighted by molar-refractivity contribution is 5.75. The summed E-state index contributed by atoms with van der Waals surface area (Å²) in [6.45, 7) is 4.19. The molecule has 0 saturated carbocycles. The molecule has 98 valence electrons. The number of fused-ring (bicyclic) bond motifs is 1. The predicted octanol–water partition coefficient (Wildman–Crippen LogP) is 1.03. The molecular weight excluding hydrogens is 232 g/mol. The molecule has 2 rings (SSSR count). The van der Waals surface area contributed by atoms with E-state index in [1.165, 1.54) is 0 Å². The Morgan fingerprint density at radius 2 is 2.28 bits per heavy atom. The van der Waals surface area contributed by atoms with E-state index in [2.05, 4.69) is 10.6 Å². The van der Waals surface area contributed by atoms with Gasteiger partial charge in [0.2, 0.25) is 12.7 Å². The van der Waals surface area contributed by atoms with Gasteiger partial charge in [0.25, 0.3) is 0 Å². The van der Waals surface area contributed by atoms with E-state index < -0.39 is 0 Å². The van der Waals surface area contributed by atoms with E-state index in [9.17, 15) is 4.79 Å². The summed E-state index contributed by atoms with van der Waals surface area (Å²) >= 11 is 0. The molecule has 0 spiro atoms. The van der Waals surface area contributed by atoms with E-state index in [1.54, 1.807) is 0 Å². The third-order valence-electron chi connectivity index (χ3n) is 2.70. The lowest BCUT2D eigenvalue weighted by Gasteiger charge is -2.07. The van der Waals surface area contributed by atoms with Gasteiger partial charge in [-0.2, -0.15) is 0 Å². The van der Waals surface area contributed by atoms with Crippen molar-refractivity contribution in [2.45, 2.75) is 19.9 Å². The minimum absolute atomic E-state index is 0.0721. The first-order chi connectivity index (χ1) is 8.81. The third-order valence-corrected chi connectivity index (χ3v) is 2.70. The zero-order valence-corrected chi connectivity index (χ0v) is 10.5. The lowest BCUT2D eigenvalue weighted by molar-refractivity contribution is -0.120. The molecular formula is C13H18N2O3. The van der Waals surface area contributed by atoms with Crippen molar-refractivity contribution in [1.29, 1.82) is 0 Å². The van der Waals surface area contributed by atoms with Crippen LogP contribution in [0.15, 0.2) is 18.2 Å². The number of carbonyl (C=O) groups is 1. The smallest absolute Gasteiger partial charge is 0.231 e. The van der Waals surface area contributed by atoms with E-state index >= 15 is 0 Å². The summed E-state index contributed by atoms with van der Waals surface area (Å²) in [5.41, 5.74) is 1.06. The van der Waals surface area contributed by atoms with Crippen LogP contribution in [0.25, 0.3) is 0 Å². The second-order valence-electron chi connectivity index (χ2n) is 4.03. The third kappa shape index (κ3) is 3.13. The first kappa shape index (κ1) is 12.7. The maximum atomic E-state index is 11.2. The Kier molecular flexibility index (Phi) is 4.41. The molecule has 0 bridgehead atoms. The Morgan fingerprint density at radius 1 is 1.39 bits per heavy atom. The van der Waals surface area contributed by atoms with Crippen LogP contribution in [0.3, 0.4) is 0 Å². The van der Waals surface area contributed by atoms with E-state index in [4.69, 9.17) is 9.47 Å². The van der Waals surface area contributed by atoms with Gasteiger partial charge in [0.1, 0.15) is 0 Å². The van der Waals surface area contributed by atoms with Crippen molar-refractivity contribution < 1.29 is 14.3 Å². The number of rotatable bonds is 6. The molecule has 1 aromatic carbocycles. The van der Waals surface area contributed by atoms with Gasteiger partial charge in [-0.25, -0.2) is 0 Å². The van der Waals surface area contributed by atoms with E-state index in [0.29, 0.717) is 26.1 Å². The minimum Gasteiger partial charge on any atom is -0.454 e. The van der Waals surface area contributed by atoms with Crippen LogP contribution in [-0.4, -0.2) is 25.8 Å². The zero-order valence-electron chi connectivity index (χ0n) is 10.5. The number of hydrogen-bond donors (Lipinski definition) is 2. The van der Waals surface area contributed by atoms with Gasteiger partial charge >= 0.3 is 0 Å². The monoisotopic (exact) mass is 250 g/mol. The molecule has 0 unspecified atom stereocenters. The Labute approximate surface area is 106 Å². The maximum absolute atomic E-state index is 11.2. The van der Waals surface area contributed by atoms with Crippen LogP contribution in [0.5, 0.6) is 11.5 Å². The lowest BCUT2D eigenvalue weighted by Crippen LogP contribution is -2.27. The average Bonchev–Trinajstić information content (AvgIpc) is 2.84. The highest BCUT2D eigenvalue weighted by Gasteiger charge is 2.16. The molecule has 1 aliphatic heterocycles. The van der Waals surface area contributed by atoms with Gasteiger partial charge in [0, 0.05) is 31.6 Å². The molecule has 1 heterocycles. The van der Waals surface area contributed by atoms with Gasteiger partial charge in [-0.15, -0.1) is 0 Å². The average molecular weight is 250 g/mol. The van der Waals surface area contributed by atoms with Crippen molar-refractivity contribution in [3.05, 3.63) is 23.8 Å². The molecule has 1 amide bonds. The van der Waals surface area contributed by atoms with Crippen LogP contribution in [0.4, 0.5) is 0 Å². The molecule has 0 saturated heterocycles. The summed E-state index contributed by atoms with van der Waals surface area (Å²) in [5, 5.41) is 5.99. The molecule has 1 aromatic rings. The summed E-state index contributed by atoms with van der Waals surface area (Å²) in [7, 11) is 0. The van der Waals surface area contributed by atoms with Gasteiger partial charge in [-0.3, -0.25) is 4.79 Å². The second kappa shape index (κ2) is 6.26. The Balaban J connectivity index is 1.77. The van der Waals surface area contributed by atoms with Crippen molar-refractivity contribution in [3.8, 4) is 11.5 Å². The van der Waals surface area contributed by atoms with Gasteiger partial charge in [-0.05, 0) is 13.0 Å². The van der Waals surface area contributed by atoms with Crippen LogP contribution in [0.1, 0.15) is 18.9 Å². The van der Waals surface area contributed by atoms with Gasteiger partial charge < -0.3 is 20.1 Å². The fourth-order valence-corrected chi connectivity index (χ4v) is 1.84. The standard InChI is InChI=1S/C13H18N2O3/c1-2-15-12(16)6-7-14-8-10-4-3-5-11-13(10)18-9-17-11/h3-5,14H,2,6-9H2,1H3,(H,15,16). The summed E-state index contributed by atoms with van der Waals surface area (Å²) in [4.78, 5) is 11.2. The maximum Gasteiger partial charge on any atom is 0.231 e. The van der Waals surface area contributed by atoms with E-state index in [0.717, 1.165) is 17.1 Å². The molecule has 18 heavy (non-hydrogen) atoms. The van der Waals surface area contributed by atoms with Crippen molar-refractivity contribution >= 4 is 5.91 Å². The van der Waals surface area contributed by atoms with Crippen LogP contribution in [0.2, 0.25) is 0 Å². The molecule has 0 atom stereocenters. The number of carbonyl (C=O) groups excluding carboxylic acids is 1. The summed E-state index contributed by atoms with van der Waals surface area (Å²) < 4.78 is 10.7. The van der Waals surface area contributed by atoms with Crippen LogP contribution in [-0.2, 0) is 11.3 Å². The molecule has 0 aromatic heterocycles. The minimum atomic E-state index is 0.0721. The predicted molar refractivity (Wildman–Crippen MR) is 67.6 cm³/mol. The molecule has 0 aliphatic carbocycles. The van der Waals surface area contributed by atoms with Gasteiger partial charge in [0.15, 0.2) is 11.5 Å². The van der Waals surface area contributed by atoms with Crippen LogP contribution >= 0.6 is 0 Å². The number of hydrogen-bond acceptors (Lipinski definition) is 4. The number of para-hydroxylation sites is 1. The molecule has 5 heteroatoms. The van der Waals surface area contributed by atoms with Crippen LogP contribution in [0, 0.1) is 0 Å². The highest BCUT2D eigenvalue weighted by Crippen LogP contribution is 2.35. The lowest BCUT2D eigenvalue weighted by atomic mass is 10.2. The molecule has 5 nitrogen and oxygen atoms in total. The quantitative estimate of drug-likeness (QED) is 0.740. The summed E-state index contributed by atoms with van der Waals surface area (Å²) in [6.07, 6.45) is 0.486. The first-order valence-electron chi connectivity index (χ1n) is 6.16. The summed E-state index contributed by atoms with van der Waals surface area (Å²) in [6, 6.07) is 5.82. The number of benzene rings is 1.